The third-order valence-electron chi connectivity index (χ3n) is 5.47. The van der Waals surface area contributed by atoms with E-state index in [0.29, 0.717) is 41.2 Å². The number of hydrogen-bond donors (Lipinski definition) is 0. The molecule has 0 radical (unpaired) electrons. The summed E-state index contributed by atoms with van der Waals surface area (Å²) < 4.78 is 19.7. The topological polar surface area (TPSA) is 89.9 Å². The SMILES string of the molecule is Cc1ccc(-n2nccn2)c(C(=O)N2CCC2c2nc(-c3c(C)cccc3F)no2)c1. The summed E-state index contributed by atoms with van der Waals surface area (Å²) in [6.45, 7) is 4.27. The first-order valence-electron chi connectivity index (χ1n) is 9.90. The minimum Gasteiger partial charge on any atom is -0.337 e. The van der Waals surface area contributed by atoms with E-state index >= 15 is 0 Å². The molecule has 156 valence electrons. The van der Waals surface area contributed by atoms with Crippen LogP contribution in [-0.4, -0.2) is 42.5 Å². The number of likely N-dealkylation sites (tertiary alicyclic amines) is 1. The predicted molar refractivity (Wildman–Crippen MR) is 109 cm³/mol. The van der Waals surface area contributed by atoms with Crippen molar-refractivity contribution >= 4 is 5.91 Å². The summed E-state index contributed by atoms with van der Waals surface area (Å²) >= 11 is 0. The molecule has 31 heavy (non-hydrogen) atoms. The van der Waals surface area contributed by atoms with Gasteiger partial charge in [0.05, 0.1) is 29.2 Å². The van der Waals surface area contributed by atoms with Gasteiger partial charge in [0.15, 0.2) is 0 Å². The van der Waals surface area contributed by atoms with Gasteiger partial charge in [-0.05, 0) is 44.0 Å². The van der Waals surface area contributed by atoms with Crippen LogP contribution in [0.15, 0.2) is 53.3 Å². The number of carbonyl (C=O) groups is 1. The summed E-state index contributed by atoms with van der Waals surface area (Å²) in [4.78, 5) is 20.9. The van der Waals surface area contributed by atoms with E-state index in [0.717, 1.165) is 5.56 Å². The number of nitrogens with zero attached hydrogens (tertiary/aromatic N) is 6. The summed E-state index contributed by atoms with van der Waals surface area (Å²) in [5.41, 5.74) is 3.06. The van der Waals surface area contributed by atoms with Gasteiger partial charge in [0.2, 0.25) is 11.7 Å². The molecule has 4 aromatic rings. The number of amides is 1. The molecule has 0 aliphatic carbocycles. The van der Waals surface area contributed by atoms with Crippen LogP contribution in [0.2, 0.25) is 0 Å². The lowest BCUT2D eigenvalue weighted by Gasteiger charge is -2.38. The van der Waals surface area contributed by atoms with E-state index in [2.05, 4.69) is 20.3 Å². The van der Waals surface area contributed by atoms with Crippen molar-refractivity contribution in [1.29, 1.82) is 0 Å². The van der Waals surface area contributed by atoms with Crippen molar-refractivity contribution in [2.45, 2.75) is 26.3 Å². The molecule has 1 atom stereocenters. The van der Waals surface area contributed by atoms with Gasteiger partial charge in [0, 0.05) is 6.54 Å². The predicted octanol–water partition coefficient (Wildman–Crippen LogP) is 3.66. The van der Waals surface area contributed by atoms with Crippen LogP contribution in [-0.2, 0) is 0 Å². The number of aryl methyl sites for hydroxylation is 2. The zero-order valence-electron chi connectivity index (χ0n) is 17.0. The Balaban J connectivity index is 1.45. The summed E-state index contributed by atoms with van der Waals surface area (Å²) in [6.07, 6.45) is 3.81. The molecule has 8 nitrogen and oxygen atoms in total. The molecule has 2 aromatic carbocycles. The van der Waals surface area contributed by atoms with Gasteiger partial charge in [-0.3, -0.25) is 4.79 Å². The number of halogens is 1. The van der Waals surface area contributed by atoms with E-state index in [1.165, 1.54) is 10.9 Å². The molecule has 9 heteroatoms. The molecular weight excluding hydrogens is 399 g/mol. The highest BCUT2D eigenvalue weighted by Gasteiger charge is 2.39. The van der Waals surface area contributed by atoms with Crippen LogP contribution in [0.3, 0.4) is 0 Å². The van der Waals surface area contributed by atoms with Crippen LogP contribution >= 0.6 is 0 Å². The Labute approximate surface area is 177 Å². The number of rotatable bonds is 4. The summed E-state index contributed by atoms with van der Waals surface area (Å²) in [5, 5.41) is 12.3. The maximum absolute atomic E-state index is 14.3. The second-order valence-corrected chi connectivity index (χ2v) is 7.53. The van der Waals surface area contributed by atoms with E-state index in [1.54, 1.807) is 36.4 Å². The maximum atomic E-state index is 14.3. The van der Waals surface area contributed by atoms with Gasteiger partial charge in [-0.2, -0.15) is 20.0 Å². The molecular formula is C22H19FN6O2. The molecule has 5 rings (SSSR count). The molecule has 1 aliphatic heterocycles. The highest BCUT2D eigenvalue weighted by molar-refractivity contribution is 5.98. The molecule has 1 aliphatic rings. The molecule has 0 spiro atoms. The Morgan fingerprint density at radius 3 is 2.68 bits per heavy atom. The number of benzene rings is 2. The molecule has 1 fully saturated rings. The summed E-state index contributed by atoms with van der Waals surface area (Å²) in [7, 11) is 0. The first-order valence-corrected chi connectivity index (χ1v) is 9.90. The lowest BCUT2D eigenvalue weighted by molar-refractivity contribution is 0.0378. The highest BCUT2D eigenvalue weighted by Crippen LogP contribution is 2.36. The zero-order valence-corrected chi connectivity index (χ0v) is 17.0. The fraction of sp³-hybridized carbons (Fsp3) is 0.227. The average Bonchev–Trinajstić information content (AvgIpc) is 3.40. The van der Waals surface area contributed by atoms with E-state index in [9.17, 15) is 9.18 Å². The van der Waals surface area contributed by atoms with Gasteiger partial charge in [0.25, 0.3) is 5.91 Å². The minimum absolute atomic E-state index is 0.172. The minimum atomic E-state index is -0.412. The Morgan fingerprint density at radius 1 is 1.16 bits per heavy atom. The number of aromatic nitrogens is 5. The van der Waals surface area contributed by atoms with E-state index < -0.39 is 5.82 Å². The lowest BCUT2D eigenvalue weighted by atomic mass is 9.99. The third-order valence-corrected chi connectivity index (χ3v) is 5.47. The maximum Gasteiger partial charge on any atom is 0.256 e. The molecule has 1 amide bonds. The van der Waals surface area contributed by atoms with Crippen molar-refractivity contribution < 1.29 is 13.7 Å². The van der Waals surface area contributed by atoms with E-state index in [1.807, 2.05) is 25.1 Å². The highest BCUT2D eigenvalue weighted by atomic mass is 19.1. The molecule has 0 saturated carbocycles. The summed E-state index contributed by atoms with van der Waals surface area (Å²) in [5.74, 6) is -0.107. The Morgan fingerprint density at radius 2 is 1.97 bits per heavy atom. The second-order valence-electron chi connectivity index (χ2n) is 7.53. The van der Waals surface area contributed by atoms with Gasteiger partial charge in [-0.1, -0.05) is 28.9 Å². The Bertz CT molecular complexity index is 1250. The van der Waals surface area contributed by atoms with Gasteiger partial charge >= 0.3 is 0 Å². The van der Waals surface area contributed by atoms with Crippen molar-refractivity contribution in [1.82, 2.24) is 30.0 Å². The van der Waals surface area contributed by atoms with Crippen LogP contribution in [0, 0.1) is 19.7 Å². The number of hydrogen-bond acceptors (Lipinski definition) is 6. The fourth-order valence-electron chi connectivity index (χ4n) is 3.76. The first-order chi connectivity index (χ1) is 15.0. The van der Waals surface area contributed by atoms with Crippen LogP contribution in [0.4, 0.5) is 4.39 Å². The van der Waals surface area contributed by atoms with Gasteiger partial charge < -0.3 is 9.42 Å². The fourth-order valence-corrected chi connectivity index (χ4v) is 3.76. The van der Waals surface area contributed by atoms with Gasteiger partial charge in [0.1, 0.15) is 11.9 Å². The Kier molecular flexibility index (Phi) is 4.58. The van der Waals surface area contributed by atoms with Crippen molar-refractivity contribution in [3.8, 4) is 17.1 Å². The standard InChI is InChI=1S/C22H19FN6O2/c1-13-6-7-17(29-24-9-10-25-29)15(12-13)22(30)28-11-8-18(28)21-26-20(27-31-21)19-14(2)4-3-5-16(19)23/h3-7,9-10,12,18H,8,11H2,1-2H3. The normalized spacial score (nSPS) is 15.7. The largest absolute Gasteiger partial charge is 0.337 e. The third kappa shape index (κ3) is 3.27. The second kappa shape index (κ2) is 7.42. The van der Waals surface area contributed by atoms with Gasteiger partial charge in [-0.25, -0.2) is 4.39 Å². The van der Waals surface area contributed by atoms with Crippen LogP contribution < -0.4 is 0 Å². The lowest BCUT2D eigenvalue weighted by Crippen LogP contribution is -2.45. The average molecular weight is 418 g/mol. The molecule has 3 heterocycles. The quantitative estimate of drug-likeness (QED) is 0.502. The van der Waals surface area contributed by atoms with Crippen molar-refractivity contribution in [3.63, 3.8) is 0 Å². The molecule has 1 saturated heterocycles. The van der Waals surface area contributed by atoms with E-state index in [-0.39, 0.29) is 17.8 Å². The van der Waals surface area contributed by atoms with Crippen molar-refractivity contribution in [2.24, 2.45) is 0 Å². The molecule has 2 aromatic heterocycles. The van der Waals surface area contributed by atoms with Crippen LogP contribution in [0.5, 0.6) is 0 Å². The monoisotopic (exact) mass is 418 g/mol. The molecule has 0 N–H and O–H groups in total. The van der Waals surface area contributed by atoms with Crippen molar-refractivity contribution in [2.75, 3.05) is 6.54 Å². The van der Waals surface area contributed by atoms with Crippen LogP contribution in [0.1, 0.15) is 39.8 Å². The van der Waals surface area contributed by atoms with Gasteiger partial charge in [-0.15, -0.1) is 0 Å². The van der Waals surface area contributed by atoms with Crippen LogP contribution in [0.25, 0.3) is 17.1 Å². The molecule has 0 bridgehead atoms. The number of carbonyl (C=O) groups excluding carboxylic acids is 1. The molecule has 1 unspecified atom stereocenters. The Hall–Kier alpha value is -3.88. The smallest absolute Gasteiger partial charge is 0.256 e. The first kappa shape index (κ1) is 19.1. The zero-order chi connectivity index (χ0) is 21.5. The van der Waals surface area contributed by atoms with E-state index in [4.69, 9.17) is 4.52 Å². The van der Waals surface area contributed by atoms with Crippen molar-refractivity contribution in [3.05, 3.63) is 77.2 Å². The summed E-state index contributed by atoms with van der Waals surface area (Å²) in [6, 6.07) is 9.97.